The number of unbranched alkanes of at least 4 members (excludes halogenated alkanes) is 10. The van der Waals surface area contributed by atoms with Crippen molar-refractivity contribution in [2.75, 3.05) is 0 Å². The first kappa shape index (κ1) is 20.8. The van der Waals surface area contributed by atoms with Crippen molar-refractivity contribution in [3.63, 3.8) is 0 Å². The number of esters is 2. The number of carbonyl (C=O) groups is 3. The second-order valence-corrected chi connectivity index (χ2v) is 5.97. The highest BCUT2D eigenvalue weighted by Gasteiger charge is 2.12. The molecule has 0 N–H and O–H groups in total. The van der Waals surface area contributed by atoms with Crippen molar-refractivity contribution in [3.8, 4) is 0 Å². The Bertz CT molecular complexity index is 323. The number of Topliss-reactive ketones (excluding diaryl/α,β-unsaturated/α-hetero) is 1. The average Bonchev–Trinajstić information content (AvgIpc) is 2.43. The zero-order valence-electron chi connectivity index (χ0n) is 14.3. The normalized spacial score (nSPS) is 10.5. The molecule has 0 unspecified atom stereocenters. The molecule has 0 aromatic carbocycles. The van der Waals surface area contributed by atoms with Gasteiger partial charge in [-0.2, -0.15) is 0 Å². The molecule has 128 valence electrons. The Morgan fingerprint density at radius 1 is 0.727 bits per heavy atom. The molecule has 0 saturated heterocycles. The molecule has 0 aliphatic heterocycles. The van der Waals surface area contributed by atoms with E-state index in [0.717, 1.165) is 26.2 Å². The summed E-state index contributed by atoms with van der Waals surface area (Å²) < 4.78 is 4.33. The van der Waals surface area contributed by atoms with Crippen molar-refractivity contribution in [2.45, 2.75) is 97.3 Å². The van der Waals surface area contributed by atoms with Gasteiger partial charge < -0.3 is 4.74 Å². The maximum absolute atomic E-state index is 11.5. The Balaban J connectivity index is 3.30. The van der Waals surface area contributed by atoms with Crippen LogP contribution in [0, 0.1) is 0 Å². The molecule has 4 nitrogen and oxygen atoms in total. The summed E-state index contributed by atoms with van der Waals surface area (Å²) >= 11 is 0. The number of ether oxygens (including phenoxy) is 1. The average molecular weight is 312 g/mol. The van der Waals surface area contributed by atoms with Crippen molar-refractivity contribution in [1.29, 1.82) is 0 Å². The van der Waals surface area contributed by atoms with Crippen molar-refractivity contribution >= 4 is 17.7 Å². The van der Waals surface area contributed by atoms with Crippen LogP contribution in [0.5, 0.6) is 0 Å². The molecule has 0 radical (unpaired) electrons. The van der Waals surface area contributed by atoms with E-state index in [9.17, 15) is 14.4 Å². The molecule has 0 amide bonds. The number of ketones is 1. The molecule has 22 heavy (non-hydrogen) atoms. The molecule has 0 bridgehead atoms. The molecular weight excluding hydrogens is 280 g/mol. The summed E-state index contributed by atoms with van der Waals surface area (Å²) in [7, 11) is 0. The maximum atomic E-state index is 11.5. The summed E-state index contributed by atoms with van der Waals surface area (Å²) in [6, 6.07) is 0. The third kappa shape index (κ3) is 15.2. The Morgan fingerprint density at radius 3 is 1.64 bits per heavy atom. The fourth-order valence-electron chi connectivity index (χ4n) is 2.43. The lowest BCUT2D eigenvalue weighted by atomic mass is 10.0. The Hall–Kier alpha value is -1.19. The van der Waals surface area contributed by atoms with E-state index < -0.39 is 11.9 Å². The van der Waals surface area contributed by atoms with Gasteiger partial charge in [0.25, 0.3) is 0 Å². The van der Waals surface area contributed by atoms with Crippen LogP contribution in [0.3, 0.4) is 0 Å². The van der Waals surface area contributed by atoms with Gasteiger partial charge in [0.15, 0.2) is 0 Å². The zero-order chi connectivity index (χ0) is 16.6. The van der Waals surface area contributed by atoms with Crippen LogP contribution in [0.1, 0.15) is 97.3 Å². The molecule has 0 aromatic rings. The molecule has 0 spiro atoms. The van der Waals surface area contributed by atoms with Gasteiger partial charge in [-0.05, 0) is 6.42 Å². The maximum Gasteiger partial charge on any atom is 0.320 e. The molecule has 0 aliphatic carbocycles. The van der Waals surface area contributed by atoms with Gasteiger partial charge in [0, 0.05) is 13.3 Å². The number of hydrogen-bond acceptors (Lipinski definition) is 4. The van der Waals surface area contributed by atoms with Crippen molar-refractivity contribution < 1.29 is 19.1 Å². The topological polar surface area (TPSA) is 60.4 Å². The van der Waals surface area contributed by atoms with Gasteiger partial charge in [0.1, 0.15) is 12.2 Å². The fourth-order valence-corrected chi connectivity index (χ4v) is 2.43. The van der Waals surface area contributed by atoms with Gasteiger partial charge in [-0.25, -0.2) is 0 Å². The summed E-state index contributed by atoms with van der Waals surface area (Å²) in [6.07, 6.45) is 13.7. The zero-order valence-corrected chi connectivity index (χ0v) is 14.3. The molecular formula is C18H32O4. The second kappa shape index (κ2) is 14.7. The lowest BCUT2D eigenvalue weighted by Crippen LogP contribution is -2.13. The van der Waals surface area contributed by atoms with E-state index >= 15 is 0 Å². The lowest BCUT2D eigenvalue weighted by Gasteiger charge is -2.03. The van der Waals surface area contributed by atoms with Crippen LogP contribution in [-0.4, -0.2) is 17.7 Å². The summed E-state index contributed by atoms with van der Waals surface area (Å²) in [4.78, 5) is 33.1. The number of rotatable bonds is 14. The van der Waals surface area contributed by atoms with Crippen LogP contribution in [0.4, 0.5) is 0 Å². The molecule has 0 fully saturated rings. The van der Waals surface area contributed by atoms with E-state index in [1.807, 2.05) is 0 Å². The minimum absolute atomic E-state index is 0.137. The SMILES string of the molecule is CCCCCCCCCCCCCC(=O)CC(=O)OC(C)=O. The van der Waals surface area contributed by atoms with Crippen LogP contribution in [0.25, 0.3) is 0 Å². The van der Waals surface area contributed by atoms with Crippen molar-refractivity contribution in [2.24, 2.45) is 0 Å². The van der Waals surface area contributed by atoms with Crippen LogP contribution < -0.4 is 0 Å². The summed E-state index contributed by atoms with van der Waals surface area (Å²) in [5.41, 5.74) is 0. The Morgan fingerprint density at radius 2 is 1.18 bits per heavy atom. The third-order valence-electron chi connectivity index (χ3n) is 3.66. The molecule has 0 aromatic heterocycles. The van der Waals surface area contributed by atoms with Gasteiger partial charge in [0.2, 0.25) is 0 Å². The van der Waals surface area contributed by atoms with E-state index in [-0.39, 0.29) is 12.2 Å². The van der Waals surface area contributed by atoms with E-state index in [2.05, 4.69) is 11.7 Å². The standard InChI is InChI=1S/C18H32O4/c1-3-4-5-6-7-8-9-10-11-12-13-14-17(20)15-18(21)22-16(2)19/h3-15H2,1-2H3. The fraction of sp³-hybridized carbons (Fsp3) is 0.833. The quantitative estimate of drug-likeness (QED) is 0.264. The first-order valence-electron chi connectivity index (χ1n) is 8.79. The Kier molecular flexibility index (Phi) is 13.9. The molecule has 0 heterocycles. The highest BCUT2D eigenvalue weighted by molar-refractivity contribution is 5.98. The molecule has 0 aliphatic rings. The summed E-state index contributed by atoms with van der Waals surface area (Å²) in [5.74, 6) is -1.53. The Labute approximate surface area is 135 Å². The van der Waals surface area contributed by atoms with Gasteiger partial charge in [0.05, 0.1) is 0 Å². The lowest BCUT2D eigenvalue weighted by molar-refractivity contribution is -0.158. The van der Waals surface area contributed by atoms with E-state index in [1.54, 1.807) is 0 Å². The van der Waals surface area contributed by atoms with Crippen LogP contribution >= 0.6 is 0 Å². The number of hydrogen-bond donors (Lipinski definition) is 0. The largest absolute Gasteiger partial charge is 0.393 e. The summed E-state index contributed by atoms with van der Waals surface area (Å²) in [6.45, 7) is 3.39. The minimum Gasteiger partial charge on any atom is -0.393 e. The monoisotopic (exact) mass is 312 g/mol. The smallest absolute Gasteiger partial charge is 0.320 e. The third-order valence-corrected chi connectivity index (χ3v) is 3.66. The molecule has 0 rings (SSSR count). The first-order chi connectivity index (χ1) is 10.6. The van der Waals surface area contributed by atoms with Crippen LogP contribution in [-0.2, 0) is 19.1 Å². The second-order valence-electron chi connectivity index (χ2n) is 5.97. The van der Waals surface area contributed by atoms with E-state index in [0.29, 0.717) is 6.42 Å². The van der Waals surface area contributed by atoms with Crippen molar-refractivity contribution in [1.82, 2.24) is 0 Å². The van der Waals surface area contributed by atoms with E-state index in [4.69, 9.17) is 0 Å². The first-order valence-corrected chi connectivity index (χ1v) is 8.79. The number of carbonyl (C=O) groups excluding carboxylic acids is 3. The highest BCUT2D eigenvalue weighted by atomic mass is 16.6. The van der Waals surface area contributed by atoms with Gasteiger partial charge in [-0.15, -0.1) is 0 Å². The molecule has 4 heteroatoms. The minimum atomic E-state index is -0.736. The predicted octanol–water partition coefficient (Wildman–Crippen LogP) is 4.74. The predicted molar refractivity (Wildman–Crippen MR) is 87.5 cm³/mol. The molecule has 0 saturated carbocycles. The van der Waals surface area contributed by atoms with E-state index in [1.165, 1.54) is 51.4 Å². The summed E-state index contributed by atoms with van der Waals surface area (Å²) in [5, 5.41) is 0. The van der Waals surface area contributed by atoms with Gasteiger partial charge in [-0.1, -0.05) is 71.1 Å². The molecule has 0 atom stereocenters. The van der Waals surface area contributed by atoms with Gasteiger partial charge >= 0.3 is 11.9 Å². The van der Waals surface area contributed by atoms with Crippen LogP contribution in [0.15, 0.2) is 0 Å². The highest BCUT2D eigenvalue weighted by Crippen LogP contribution is 2.12. The van der Waals surface area contributed by atoms with Crippen LogP contribution in [0.2, 0.25) is 0 Å². The van der Waals surface area contributed by atoms with Crippen molar-refractivity contribution in [3.05, 3.63) is 0 Å². The van der Waals surface area contributed by atoms with Gasteiger partial charge in [-0.3, -0.25) is 14.4 Å².